The van der Waals surface area contributed by atoms with Crippen molar-refractivity contribution in [3.63, 3.8) is 0 Å². The molecule has 1 aromatic carbocycles. The maximum atomic E-state index is 13.3. The highest BCUT2D eigenvalue weighted by molar-refractivity contribution is 7.19. The molecule has 5 rings (SSSR count). The molecule has 11 heteroatoms. The SMILES string of the molecule is CCCN(CCOC)C(=O)[C@@H]1CCc2c(sc3ncnc(Nc4cc5sc(=O)[nH]c5cc4OC)c23)C1. The largest absolute Gasteiger partial charge is 0.494 e. The molecule has 2 N–H and O–H groups in total. The van der Waals surface area contributed by atoms with Crippen molar-refractivity contribution in [2.45, 2.75) is 32.6 Å². The molecule has 0 unspecified atom stereocenters. The maximum Gasteiger partial charge on any atom is 0.305 e. The first-order chi connectivity index (χ1) is 17.5. The summed E-state index contributed by atoms with van der Waals surface area (Å²) >= 11 is 2.80. The van der Waals surface area contributed by atoms with Gasteiger partial charge in [-0.2, -0.15) is 0 Å². The second kappa shape index (κ2) is 10.5. The Morgan fingerprint density at radius 2 is 2.11 bits per heavy atom. The van der Waals surface area contributed by atoms with Crippen LogP contribution in [0.3, 0.4) is 0 Å². The molecular formula is C25H29N5O4S2. The highest BCUT2D eigenvalue weighted by atomic mass is 32.1. The van der Waals surface area contributed by atoms with E-state index in [1.54, 1.807) is 31.9 Å². The standard InChI is InChI=1S/C25H29N5O4S2/c1-4-7-30(8-9-33-2)24(31)14-5-6-15-19(10-14)35-23-21(15)22(26-13-27-23)28-16-12-20-17(11-18(16)34-3)29-25(32)36-20/h11-14H,4-10H2,1-3H3,(H,29,32)(H,26,27,28)/t14-/m1/s1. The molecule has 1 aliphatic rings. The first kappa shape index (κ1) is 24.7. The number of ether oxygens (including phenoxy) is 2. The number of nitrogens with zero attached hydrogens (tertiary/aromatic N) is 3. The number of aromatic nitrogens is 3. The number of nitrogens with one attached hydrogen (secondary N) is 2. The van der Waals surface area contributed by atoms with Crippen LogP contribution < -0.4 is 14.9 Å². The van der Waals surface area contributed by atoms with Gasteiger partial charge < -0.3 is 24.7 Å². The molecule has 1 atom stereocenters. The molecule has 1 aliphatic carbocycles. The van der Waals surface area contributed by atoms with E-state index in [9.17, 15) is 9.59 Å². The monoisotopic (exact) mass is 527 g/mol. The summed E-state index contributed by atoms with van der Waals surface area (Å²) in [5, 5.41) is 4.43. The topological polar surface area (TPSA) is 109 Å². The van der Waals surface area contributed by atoms with Crippen molar-refractivity contribution in [3.8, 4) is 5.75 Å². The van der Waals surface area contributed by atoms with E-state index in [0.29, 0.717) is 31.1 Å². The van der Waals surface area contributed by atoms with E-state index in [1.807, 2.05) is 17.0 Å². The quantitative estimate of drug-likeness (QED) is 0.333. The van der Waals surface area contributed by atoms with E-state index in [4.69, 9.17) is 9.47 Å². The Morgan fingerprint density at radius 3 is 2.89 bits per heavy atom. The number of aromatic amines is 1. The van der Waals surface area contributed by atoms with E-state index in [1.165, 1.54) is 10.4 Å². The number of amides is 1. The average Bonchev–Trinajstić information content (AvgIpc) is 3.44. The van der Waals surface area contributed by atoms with Gasteiger partial charge in [0.05, 0.1) is 35.0 Å². The third-order valence-corrected chi connectivity index (χ3v) is 8.57. The fourth-order valence-corrected chi connectivity index (χ4v) is 6.87. The summed E-state index contributed by atoms with van der Waals surface area (Å²) in [7, 11) is 3.27. The van der Waals surface area contributed by atoms with Crippen molar-refractivity contribution in [1.29, 1.82) is 0 Å². The second-order valence-corrected chi connectivity index (χ2v) is 11.0. The van der Waals surface area contributed by atoms with Crippen LogP contribution in [-0.2, 0) is 22.4 Å². The summed E-state index contributed by atoms with van der Waals surface area (Å²) < 4.78 is 11.6. The Labute approximate surface area is 216 Å². The molecule has 0 bridgehead atoms. The van der Waals surface area contributed by atoms with Crippen molar-refractivity contribution in [2.24, 2.45) is 5.92 Å². The van der Waals surface area contributed by atoms with Gasteiger partial charge >= 0.3 is 4.87 Å². The minimum Gasteiger partial charge on any atom is -0.494 e. The Kier molecular flexibility index (Phi) is 7.22. The predicted octanol–water partition coefficient (Wildman–Crippen LogP) is 4.34. The average molecular weight is 528 g/mol. The number of hydrogen-bond acceptors (Lipinski definition) is 9. The summed E-state index contributed by atoms with van der Waals surface area (Å²) in [6.07, 6.45) is 4.80. The number of benzene rings is 1. The molecule has 0 radical (unpaired) electrons. The third kappa shape index (κ3) is 4.70. The number of carbonyl (C=O) groups excluding carboxylic acids is 1. The molecular weight excluding hydrogens is 498 g/mol. The van der Waals surface area contributed by atoms with Gasteiger partial charge in [0.15, 0.2) is 0 Å². The Hall–Kier alpha value is -3.02. The van der Waals surface area contributed by atoms with E-state index in [-0.39, 0.29) is 16.7 Å². The summed E-state index contributed by atoms with van der Waals surface area (Å²) in [6, 6.07) is 3.72. The molecule has 0 fully saturated rings. The second-order valence-electron chi connectivity index (χ2n) is 8.85. The molecule has 190 valence electrons. The predicted molar refractivity (Wildman–Crippen MR) is 144 cm³/mol. The molecule has 3 aromatic heterocycles. The Morgan fingerprint density at radius 1 is 1.25 bits per heavy atom. The zero-order valence-corrected chi connectivity index (χ0v) is 22.2. The normalized spacial score (nSPS) is 15.2. The lowest BCUT2D eigenvalue weighted by atomic mass is 9.86. The van der Waals surface area contributed by atoms with Crippen LogP contribution in [0.15, 0.2) is 23.3 Å². The van der Waals surface area contributed by atoms with Gasteiger partial charge in [-0.15, -0.1) is 11.3 Å². The fraction of sp³-hybridized carbons (Fsp3) is 0.440. The lowest BCUT2D eigenvalue weighted by Gasteiger charge is -2.29. The smallest absolute Gasteiger partial charge is 0.305 e. The molecule has 0 saturated heterocycles. The number of rotatable bonds is 9. The number of H-pyrrole nitrogens is 1. The number of methoxy groups -OCH3 is 2. The summed E-state index contributed by atoms with van der Waals surface area (Å²) in [6.45, 7) is 4.01. The molecule has 4 aromatic rings. The van der Waals surface area contributed by atoms with E-state index in [2.05, 4.69) is 27.2 Å². The molecule has 36 heavy (non-hydrogen) atoms. The van der Waals surface area contributed by atoms with Gasteiger partial charge in [0.2, 0.25) is 5.91 Å². The van der Waals surface area contributed by atoms with Crippen molar-refractivity contribution in [3.05, 3.63) is 38.6 Å². The van der Waals surface area contributed by atoms with Gasteiger partial charge in [0.25, 0.3) is 0 Å². The first-order valence-corrected chi connectivity index (χ1v) is 13.7. The molecule has 1 amide bonds. The fourth-order valence-electron chi connectivity index (χ4n) is 4.85. The molecule has 0 aliphatic heterocycles. The van der Waals surface area contributed by atoms with Crippen LogP contribution >= 0.6 is 22.7 Å². The van der Waals surface area contributed by atoms with Crippen LogP contribution in [0.1, 0.15) is 30.2 Å². The van der Waals surface area contributed by atoms with Crippen molar-refractivity contribution >= 4 is 60.5 Å². The van der Waals surface area contributed by atoms with Crippen LogP contribution in [-0.4, -0.2) is 59.7 Å². The zero-order chi connectivity index (χ0) is 25.2. The van der Waals surface area contributed by atoms with Crippen LogP contribution in [0, 0.1) is 5.92 Å². The molecule has 0 spiro atoms. The number of thiophene rings is 1. The molecule has 3 heterocycles. The van der Waals surface area contributed by atoms with Crippen molar-refractivity contribution in [1.82, 2.24) is 19.9 Å². The number of fused-ring (bicyclic) bond motifs is 4. The van der Waals surface area contributed by atoms with Gasteiger partial charge in [-0.1, -0.05) is 18.3 Å². The number of aryl methyl sites for hydroxylation is 1. The number of thiazole rings is 1. The lowest BCUT2D eigenvalue weighted by molar-refractivity contribution is -0.136. The van der Waals surface area contributed by atoms with Gasteiger partial charge in [-0.25, -0.2) is 9.97 Å². The van der Waals surface area contributed by atoms with E-state index < -0.39 is 0 Å². The van der Waals surface area contributed by atoms with E-state index in [0.717, 1.165) is 63.3 Å². The van der Waals surface area contributed by atoms with Gasteiger partial charge in [0.1, 0.15) is 22.7 Å². The summed E-state index contributed by atoms with van der Waals surface area (Å²) in [4.78, 5) is 41.0. The van der Waals surface area contributed by atoms with Crippen molar-refractivity contribution in [2.75, 3.05) is 39.2 Å². The zero-order valence-electron chi connectivity index (χ0n) is 20.6. The molecule has 0 saturated carbocycles. The Bertz CT molecular complexity index is 1460. The summed E-state index contributed by atoms with van der Waals surface area (Å²) in [5.74, 6) is 1.50. The minimum atomic E-state index is -0.107. The van der Waals surface area contributed by atoms with Crippen LogP contribution in [0.4, 0.5) is 11.5 Å². The van der Waals surface area contributed by atoms with Crippen LogP contribution in [0.25, 0.3) is 20.4 Å². The number of hydrogen-bond donors (Lipinski definition) is 2. The van der Waals surface area contributed by atoms with E-state index >= 15 is 0 Å². The number of carbonyl (C=O) groups is 1. The van der Waals surface area contributed by atoms with Gasteiger partial charge in [0, 0.05) is 37.1 Å². The van der Waals surface area contributed by atoms with Crippen LogP contribution in [0.5, 0.6) is 5.75 Å². The van der Waals surface area contributed by atoms with Crippen LogP contribution in [0.2, 0.25) is 0 Å². The molecule has 9 nitrogen and oxygen atoms in total. The minimum absolute atomic E-state index is 0.0304. The van der Waals surface area contributed by atoms with Crippen molar-refractivity contribution < 1.29 is 14.3 Å². The summed E-state index contributed by atoms with van der Waals surface area (Å²) in [5.41, 5.74) is 2.69. The highest BCUT2D eigenvalue weighted by Crippen LogP contribution is 2.42. The first-order valence-electron chi connectivity index (χ1n) is 12.0. The lowest BCUT2D eigenvalue weighted by Crippen LogP contribution is -2.40. The third-order valence-electron chi connectivity index (χ3n) is 6.56. The maximum absolute atomic E-state index is 13.3. The van der Waals surface area contributed by atoms with Gasteiger partial charge in [-0.3, -0.25) is 9.59 Å². The Balaban J connectivity index is 1.45. The highest BCUT2D eigenvalue weighted by Gasteiger charge is 2.31. The van der Waals surface area contributed by atoms with Gasteiger partial charge in [-0.05, 0) is 37.3 Å². The number of anilines is 2.